The molecule has 1 rings (SSSR count). The highest BCUT2D eigenvalue weighted by Gasteiger charge is 2.28. The Bertz CT molecular complexity index is 605. The number of nitrogens with one attached hydrogen (secondary N) is 1. The molecule has 0 fully saturated rings. The first kappa shape index (κ1) is 17.5. The summed E-state index contributed by atoms with van der Waals surface area (Å²) in [5.74, 6) is -1.08. The minimum absolute atomic E-state index is 0.0770. The number of rotatable bonds is 7. The molecule has 8 heteroatoms. The van der Waals surface area contributed by atoms with E-state index in [0.29, 0.717) is 6.54 Å². The van der Waals surface area contributed by atoms with Gasteiger partial charge in [-0.25, -0.2) is 12.8 Å². The maximum atomic E-state index is 13.7. The largest absolute Gasteiger partial charge is 0.355 e. The number of likely N-dealkylation sites (N-methyl/N-ethyl adjacent to an activating group) is 2. The first-order chi connectivity index (χ1) is 9.88. The molecule has 0 spiro atoms. The number of nitrogens with two attached hydrogens (primary N) is 1. The fraction of sp³-hybridized carbons (Fsp3) is 0.462. The standard InChI is InChI=1S/C13H20FN3O3S/c1-3-16-13(18)9-17(4-2)21(19,20)12-7-5-6-11(14)10(12)8-15/h5-7H,3-4,8-9,15H2,1-2H3,(H,16,18). The lowest BCUT2D eigenvalue weighted by Crippen LogP contribution is -2.40. The van der Waals surface area contributed by atoms with Crippen molar-refractivity contribution in [3.8, 4) is 0 Å². The first-order valence-corrected chi connectivity index (χ1v) is 8.06. The molecule has 0 bridgehead atoms. The lowest BCUT2D eigenvalue weighted by Gasteiger charge is -2.21. The molecule has 0 saturated carbocycles. The van der Waals surface area contributed by atoms with Gasteiger partial charge in [-0.15, -0.1) is 0 Å². The Kier molecular flexibility index (Phi) is 6.25. The van der Waals surface area contributed by atoms with E-state index in [2.05, 4.69) is 5.32 Å². The van der Waals surface area contributed by atoms with E-state index >= 15 is 0 Å². The average molecular weight is 317 g/mol. The summed E-state index contributed by atoms with van der Waals surface area (Å²) >= 11 is 0. The zero-order valence-electron chi connectivity index (χ0n) is 12.1. The summed E-state index contributed by atoms with van der Waals surface area (Å²) in [4.78, 5) is 11.4. The van der Waals surface area contributed by atoms with Crippen LogP contribution in [-0.4, -0.2) is 38.3 Å². The topological polar surface area (TPSA) is 92.5 Å². The smallest absolute Gasteiger partial charge is 0.243 e. The van der Waals surface area contributed by atoms with Gasteiger partial charge in [-0.2, -0.15) is 4.31 Å². The SMILES string of the molecule is CCNC(=O)CN(CC)S(=O)(=O)c1cccc(F)c1CN. The maximum Gasteiger partial charge on any atom is 0.243 e. The van der Waals surface area contributed by atoms with Crippen LogP contribution in [0.15, 0.2) is 23.1 Å². The van der Waals surface area contributed by atoms with E-state index in [1.807, 2.05) is 0 Å². The second kappa shape index (κ2) is 7.48. The van der Waals surface area contributed by atoms with E-state index in [1.54, 1.807) is 13.8 Å². The fourth-order valence-corrected chi connectivity index (χ4v) is 3.55. The Morgan fingerprint density at radius 2 is 2.05 bits per heavy atom. The van der Waals surface area contributed by atoms with Crippen LogP contribution in [0, 0.1) is 5.82 Å². The number of carbonyl (C=O) groups excluding carboxylic acids is 1. The molecule has 0 aliphatic rings. The molecule has 1 amide bonds. The summed E-state index contributed by atoms with van der Waals surface area (Å²) in [6.07, 6.45) is 0. The summed E-state index contributed by atoms with van der Waals surface area (Å²) in [5.41, 5.74) is 5.36. The van der Waals surface area contributed by atoms with Gasteiger partial charge < -0.3 is 11.1 Å². The quantitative estimate of drug-likeness (QED) is 0.763. The molecule has 0 aromatic heterocycles. The zero-order valence-corrected chi connectivity index (χ0v) is 12.9. The summed E-state index contributed by atoms with van der Waals surface area (Å²) in [7, 11) is -3.98. The molecule has 0 heterocycles. The molecule has 118 valence electrons. The lowest BCUT2D eigenvalue weighted by molar-refractivity contribution is -0.121. The van der Waals surface area contributed by atoms with Gasteiger partial charge in [-0.1, -0.05) is 13.0 Å². The Labute approximate surface area is 124 Å². The van der Waals surface area contributed by atoms with Crippen molar-refractivity contribution in [1.29, 1.82) is 0 Å². The van der Waals surface area contributed by atoms with Gasteiger partial charge in [-0.05, 0) is 19.1 Å². The molecule has 0 atom stereocenters. The van der Waals surface area contributed by atoms with Crippen molar-refractivity contribution >= 4 is 15.9 Å². The Morgan fingerprint density at radius 1 is 1.38 bits per heavy atom. The summed E-state index contributed by atoms with van der Waals surface area (Å²) in [5, 5.41) is 2.53. The summed E-state index contributed by atoms with van der Waals surface area (Å²) in [6.45, 7) is 3.30. The van der Waals surface area contributed by atoms with Crippen LogP contribution >= 0.6 is 0 Å². The minimum Gasteiger partial charge on any atom is -0.355 e. The number of hydrogen-bond donors (Lipinski definition) is 2. The summed E-state index contributed by atoms with van der Waals surface area (Å²) in [6, 6.07) is 3.75. The number of carbonyl (C=O) groups is 1. The van der Waals surface area contributed by atoms with Crippen LogP contribution in [0.1, 0.15) is 19.4 Å². The van der Waals surface area contributed by atoms with Crippen LogP contribution in [0.3, 0.4) is 0 Å². The van der Waals surface area contributed by atoms with Crippen LogP contribution in [0.4, 0.5) is 4.39 Å². The molecule has 21 heavy (non-hydrogen) atoms. The normalized spacial score (nSPS) is 11.7. The Hall–Kier alpha value is -1.51. The third-order valence-electron chi connectivity index (χ3n) is 2.94. The fourth-order valence-electron chi connectivity index (χ4n) is 1.90. The predicted molar refractivity (Wildman–Crippen MR) is 77.4 cm³/mol. The van der Waals surface area contributed by atoms with E-state index in [-0.39, 0.29) is 30.1 Å². The molecule has 3 N–H and O–H groups in total. The van der Waals surface area contributed by atoms with E-state index in [0.717, 1.165) is 10.4 Å². The second-order valence-electron chi connectivity index (χ2n) is 4.31. The van der Waals surface area contributed by atoms with E-state index in [4.69, 9.17) is 5.73 Å². The first-order valence-electron chi connectivity index (χ1n) is 6.62. The van der Waals surface area contributed by atoms with Crippen molar-refractivity contribution in [2.24, 2.45) is 5.73 Å². The zero-order chi connectivity index (χ0) is 16.0. The predicted octanol–water partition coefficient (Wildman–Crippen LogP) is 0.431. The van der Waals surface area contributed by atoms with Gasteiger partial charge in [0.05, 0.1) is 11.4 Å². The van der Waals surface area contributed by atoms with Gasteiger partial charge in [0.25, 0.3) is 0 Å². The Balaban J connectivity index is 3.19. The lowest BCUT2D eigenvalue weighted by atomic mass is 10.2. The van der Waals surface area contributed by atoms with E-state index < -0.39 is 21.7 Å². The molecule has 1 aromatic rings. The van der Waals surface area contributed by atoms with Gasteiger partial charge >= 0.3 is 0 Å². The van der Waals surface area contributed by atoms with Crippen molar-refractivity contribution in [2.45, 2.75) is 25.3 Å². The summed E-state index contributed by atoms with van der Waals surface area (Å²) < 4.78 is 39.8. The molecular weight excluding hydrogens is 297 g/mol. The van der Waals surface area contributed by atoms with Gasteiger partial charge in [0.1, 0.15) is 5.82 Å². The molecular formula is C13H20FN3O3S. The van der Waals surface area contributed by atoms with Gasteiger partial charge in [0, 0.05) is 25.2 Å². The van der Waals surface area contributed by atoms with Crippen molar-refractivity contribution in [2.75, 3.05) is 19.6 Å². The Morgan fingerprint density at radius 3 is 2.57 bits per heavy atom. The average Bonchev–Trinajstić information content (AvgIpc) is 2.44. The molecule has 1 aromatic carbocycles. The van der Waals surface area contributed by atoms with Crippen molar-refractivity contribution in [3.05, 3.63) is 29.6 Å². The second-order valence-corrected chi connectivity index (χ2v) is 6.21. The van der Waals surface area contributed by atoms with E-state index in [1.165, 1.54) is 12.1 Å². The highest BCUT2D eigenvalue weighted by atomic mass is 32.2. The van der Waals surface area contributed by atoms with Crippen molar-refractivity contribution in [1.82, 2.24) is 9.62 Å². The van der Waals surface area contributed by atoms with Gasteiger partial charge in [0.15, 0.2) is 0 Å². The highest BCUT2D eigenvalue weighted by Crippen LogP contribution is 2.22. The van der Waals surface area contributed by atoms with Crippen LogP contribution in [-0.2, 0) is 21.4 Å². The van der Waals surface area contributed by atoms with E-state index in [9.17, 15) is 17.6 Å². The molecule has 0 aliphatic carbocycles. The van der Waals surface area contributed by atoms with Crippen LogP contribution in [0.5, 0.6) is 0 Å². The number of sulfonamides is 1. The molecule has 0 saturated heterocycles. The number of amides is 1. The van der Waals surface area contributed by atoms with Crippen LogP contribution in [0.2, 0.25) is 0 Å². The molecule has 0 unspecified atom stereocenters. The molecule has 6 nitrogen and oxygen atoms in total. The van der Waals surface area contributed by atoms with Gasteiger partial charge in [0.2, 0.25) is 15.9 Å². The number of nitrogens with zero attached hydrogens (tertiary/aromatic N) is 1. The number of halogens is 1. The van der Waals surface area contributed by atoms with Crippen molar-refractivity contribution in [3.63, 3.8) is 0 Å². The third-order valence-corrected chi connectivity index (χ3v) is 4.95. The third kappa shape index (κ3) is 3.99. The van der Waals surface area contributed by atoms with Crippen LogP contribution in [0.25, 0.3) is 0 Å². The van der Waals surface area contributed by atoms with Gasteiger partial charge in [-0.3, -0.25) is 4.79 Å². The van der Waals surface area contributed by atoms with Crippen LogP contribution < -0.4 is 11.1 Å². The highest BCUT2D eigenvalue weighted by molar-refractivity contribution is 7.89. The number of benzene rings is 1. The number of hydrogen-bond acceptors (Lipinski definition) is 4. The molecule has 0 radical (unpaired) electrons. The molecule has 0 aliphatic heterocycles. The van der Waals surface area contributed by atoms with Crippen molar-refractivity contribution < 1.29 is 17.6 Å². The monoisotopic (exact) mass is 317 g/mol. The maximum absolute atomic E-state index is 13.7. The minimum atomic E-state index is -3.98.